The molecular formula is C17H23ClN2O2. The van der Waals surface area contributed by atoms with Gasteiger partial charge in [-0.15, -0.1) is 0 Å². The minimum atomic E-state index is -0.473. The highest BCUT2D eigenvalue weighted by Gasteiger charge is 2.32. The Kier molecular flexibility index (Phi) is 5.01. The van der Waals surface area contributed by atoms with E-state index in [9.17, 15) is 9.90 Å². The lowest BCUT2D eigenvalue weighted by Crippen LogP contribution is -2.47. The van der Waals surface area contributed by atoms with Crippen LogP contribution in [0.1, 0.15) is 37.4 Å². The van der Waals surface area contributed by atoms with Crippen LogP contribution in [0.2, 0.25) is 5.02 Å². The number of amides is 1. The van der Waals surface area contributed by atoms with Gasteiger partial charge in [0.25, 0.3) is 0 Å². The van der Waals surface area contributed by atoms with Crippen LogP contribution in [0.25, 0.3) is 0 Å². The summed E-state index contributed by atoms with van der Waals surface area (Å²) in [5.41, 5.74) is 0.909. The molecule has 2 heterocycles. The lowest BCUT2D eigenvalue weighted by Gasteiger charge is -2.35. The molecule has 2 fully saturated rings. The molecular weight excluding hydrogens is 300 g/mol. The van der Waals surface area contributed by atoms with Crippen LogP contribution in [0.3, 0.4) is 0 Å². The van der Waals surface area contributed by atoms with Crippen molar-refractivity contribution in [2.45, 2.75) is 37.8 Å². The van der Waals surface area contributed by atoms with Gasteiger partial charge in [0.15, 0.2) is 0 Å². The minimum Gasteiger partial charge on any atom is -0.388 e. The molecule has 2 saturated heterocycles. The molecule has 1 amide bonds. The van der Waals surface area contributed by atoms with Crippen molar-refractivity contribution in [3.63, 3.8) is 0 Å². The zero-order chi connectivity index (χ0) is 15.5. The van der Waals surface area contributed by atoms with Crippen LogP contribution in [0.4, 0.5) is 0 Å². The first kappa shape index (κ1) is 15.8. The first-order chi connectivity index (χ1) is 10.6. The number of nitrogens with zero attached hydrogens (tertiary/aromatic N) is 1. The van der Waals surface area contributed by atoms with Crippen molar-refractivity contribution in [3.8, 4) is 0 Å². The summed E-state index contributed by atoms with van der Waals surface area (Å²) in [6.07, 6.45) is 3.26. The van der Waals surface area contributed by atoms with E-state index in [1.807, 2.05) is 29.2 Å². The number of aliphatic hydroxyl groups is 1. The molecule has 2 aliphatic rings. The Balaban J connectivity index is 1.54. The predicted octanol–water partition coefficient (Wildman–Crippen LogP) is 2.36. The fourth-order valence-corrected chi connectivity index (χ4v) is 3.61. The van der Waals surface area contributed by atoms with Crippen molar-refractivity contribution in [2.24, 2.45) is 5.92 Å². The van der Waals surface area contributed by atoms with Gasteiger partial charge in [0, 0.05) is 18.1 Å². The van der Waals surface area contributed by atoms with E-state index in [1.54, 1.807) is 0 Å². The zero-order valence-electron chi connectivity index (χ0n) is 12.7. The number of rotatable bonds is 3. The summed E-state index contributed by atoms with van der Waals surface area (Å²) in [5.74, 6) is 0.443. The normalized spacial score (nSPS) is 24.5. The number of likely N-dealkylation sites (tertiary alicyclic amines) is 1. The van der Waals surface area contributed by atoms with E-state index >= 15 is 0 Å². The van der Waals surface area contributed by atoms with Crippen LogP contribution in [-0.4, -0.2) is 41.6 Å². The van der Waals surface area contributed by atoms with E-state index in [4.69, 9.17) is 11.6 Å². The summed E-state index contributed by atoms with van der Waals surface area (Å²) in [7, 11) is 0. The maximum Gasteiger partial charge on any atom is 0.239 e. The molecule has 0 aliphatic carbocycles. The Morgan fingerprint density at radius 3 is 2.50 bits per heavy atom. The third-order valence-corrected chi connectivity index (χ3v) is 5.12. The maximum atomic E-state index is 12.4. The summed E-state index contributed by atoms with van der Waals surface area (Å²) in [5, 5.41) is 14.5. The van der Waals surface area contributed by atoms with Crippen molar-refractivity contribution >= 4 is 17.5 Å². The second-order valence-electron chi connectivity index (χ2n) is 6.31. The summed E-state index contributed by atoms with van der Waals surface area (Å²) in [6.45, 7) is 2.43. The predicted molar refractivity (Wildman–Crippen MR) is 86.7 cm³/mol. The summed E-state index contributed by atoms with van der Waals surface area (Å²) in [4.78, 5) is 14.3. The van der Waals surface area contributed by atoms with Crippen molar-refractivity contribution in [2.75, 3.05) is 19.6 Å². The maximum absolute atomic E-state index is 12.4. The fourth-order valence-electron chi connectivity index (χ4n) is 3.48. The molecule has 0 aromatic heterocycles. The third kappa shape index (κ3) is 3.45. The van der Waals surface area contributed by atoms with Gasteiger partial charge in [-0.1, -0.05) is 23.7 Å². The Hall–Kier alpha value is -1.10. The highest BCUT2D eigenvalue weighted by atomic mass is 35.5. The third-order valence-electron chi connectivity index (χ3n) is 4.87. The number of carbonyl (C=O) groups is 1. The van der Waals surface area contributed by atoms with Crippen LogP contribution in [0.15, 0.2) is 24.3 Å². The Bertz CT molecular complexity index is 506. The minimum absolute atomic E-state index is 0.0118. The van der Waals surface area contributed by atoms with Crippen LogP contribution < -0.4 is 5.32 Å². The molecule has 120 valence electrons. The van der Waals surface area contributed by atoms with Crippen molar-refractivity contribution in [1.29, 1.82) is 0 Å². The second-order valence-corrected chi connectivity index (χ2v) is 6.74. The van der Waals surface area contributed by atoms with Crippen LogP contribution in [0.5, 0.6) is 0 Å². The summed E-state index contributed by atoms with van der Waals surface area (Å²) < 4.78 is 0. The number of halogens is 1. The molecule has 0 unspecified atom stereocenters. The number of aliphatic hydroxyl groups excluding tert-OH is 1. The molecule has 5 heteroatoms. The lowest BCUT2D eigenvalue weighted by molar-refractivity contribution is -0.135. The van der Waals surface area contributed by atoms with E-state index in [0.717, 1.165) is 50.9 Å². The highest BCUT2D eigenvalue weighted by Crippen LogP contribution is 2.31. The number of hydrogen-bond acceptors (Lipinski definition) is 3. The molecule has 2 aliphatic heterocycles. The van der Waals surface area contributed by atoms with E-state index in [2.05, 4.69) is 5.32 Å². The quantitative estimate of drug-likeness (QED) is 0.898. The van der Waals surface area contributed by atoms with Gasteiger partial charge in [-0.25, -0.2) is 0 Å². The van der Waals surface area contributed by atoms with Gasteiger partial charge in [0.2, 0.25) is 5.91 Å². The lowest BCUT2D eigenvalue weighted by atomic mass is 9.87. The van der Waals surface area contributed by atoms with Gasteiger partial charge in [-0.3, -0.25) is 4.79 Å². The van der Waals surface area contributed by atoms with Crippen molar-refractivity contribution in [3.05, 3.63) is 34.9 Å². The molecule has 4 nitrogen and oxygen atoms in total. The van der Waals surface area contributed by atoms with Gasteiger partial charge in [-0.2, -0.15) is 0 Å². The van der Waals surface area contributed by atoms with Gasteiger partial charge < -0.3 is 15.3 Å². The average Bonchev–Trinajstić information content (AvgIpc) is 3.09. The Labute approximate surface area is 136 Å². The molecule has 1 aromatic carbocycles. The first-order valence-corrected chi connectivity index (χ1v) is 8.48. The summed E-state index contributed by atoms with van der Waals surface area (Å²) in [6, 6.07) is 7.40. The van der Waals surface area contributed by atoms with E-state index in [0.29, 0.717) is 5.02 Å². The second kappa shape index (κ2) is 6.99. The topological polar surface area (TPSA) is 52.6 Å². The van der Waals surface area contributed by atoms with E-state index in [-0.39, 0.29) is 17.9 Å². The van der Waals surface area contributed by atoms with Crippen molar-refractivity contribution in [1.82, 2.24) is 10.2 Å². The highest BCUT2D eigenvalue weighted by molar-refractivity contribution is 6.30. The monoisotopic (exact) mass is 322 g/mol. The van der Waals surface area contributed by atoms with Crippen molar-refractivity contribution < 1.29 is 9.90 Å². The Morgan fingerprint density at radius 2 is 1.91 bits per heavy atom. The molecule has 2 N–H and O–H groups in total. The van der Waals surface area contributed by atoms with Gasteiger partial charge in [-0.05, 0) is 55.8 Å². The van der Waals surface area contributed by atoms with Crippen LogP contribution in [-0.2, 0) is 4.79 Å². The molecule has 0 saturated carbocycles. The van der Waals surface area contributed by atoms with Crippen LogP contribution in [0, 0.1) is 5.92 Å². The molecule has 3 rings (SSSR count). The molecule has 22 heavy (non-hydrogen) atoms. The number of piperidine rings is 1. The molecule has 0 radical (unpaired) electrons. The standard InChI is InChI=1S/C17H23ClN2O2/c18-14-5-3-12(4-6-14)16(21)13-7-10-20(11-8-13)17(22)15-2-1-9-19-15/h3-6,13,15-16,19,21H,1-2,7-11H2/t15-,16+/m0/s1. The first-order valence-electron chi connectivity index (χ1n) is 8.11. The number of hydrogen-bond donors (Lipinski definition) is 2. The van der Waals surface area contributed by atoms with E-state index in [1.165, 1.54) is 0 Å². The van der Waals surface area contributed by atoms with Gasteiger partial charge in [0.1, 0.15) is 0 Å². The smallest absolute Gasteiger partial charge is 0.239 e. The number of benzene rings is 1. The Morgan fingerprint density at radius 1 is 1.23 bits per heavy atom. The average molecular weight is 323 g/mol. The van der Waals surface area contributed by atoms with E-state index < -0.39 is 6.10 Å². The SMILES string of the molecule is O=C([C@@H]1CCCN1)N1CCC([C@H](O)c2ccc(Cl)cc2)CC1. The van der Waals surface area contributed by atoms with Gasteiger partial charge in [0.05, 0.1) is 12.1 Å². The molecule has 2 atom stereocenters. The number of nitrogens with one attached hydrogen (secondary N) is 1. The molecule has 0 bridgehead atoms. The fraction of sp³-hybridized carbons (Fsp3) is 0.588. The zero-order valence-corrected chi connectivity index (χ0v) is 13.4. The molecule has 1 aromatic rings. The summed E-state index contributed by atoms with van der Waals surface area (Å²) >= 11 is 5.89. The number of carbonyl (C=O) groups excluding carboxylic acids is 1. The van der Waals surface area contributed by atoms with Crippen LogP contribution >= 0.6 is 11.6 Å². The van der Waals surface area contributed by atoms with Gasteiger partial charge >= 0.3 is 0 Å². The molecule has 0 spiro atoms. The largest absolute Gasteiger partial charge is 0.388 e.